The lowest BCUT2D eigenvalue weighted by Crippen LogP contribution is -2.17. The van der Waals surface area contributed by atoms with Crippen molar-refractivity contribution in [2.45, 2.75) is 6.36 Å². The Bertz CT molecular complexity index is 527. The molecule has 1 aromatic carbocycles. The van der Waals surface area contributed by atoms with Crippen LogP contribution in [0.4, 0.5) is 13.2 Å². The predicted molar refractivity (Wildman–Crippen MR) is 55.3 cm³/mol. The number of alkyl halides is 3. The maximum atomic E-state index is 11.9. The largest absolute Gasteiger partial charge is 0.573 e. The lowest BCUT2D eigenvalue weighted by Gasteiger charge is -2.08. The number of ether oxygens (including phenoxy) is 1. The fourth-order valence-corrected chi connectivity index (χ4v) is 1.36. The molecule has 0 fully saturated rings. The normalized spacial score (nSPS) is 11.3. The summed E-state index contributed by atoms with van der Waals surface area (Å²) >= 11 is 0. The van der Waals surface area contributed by atoms with E-state index in [0.717, 1.165) is 12.1 Å². The van der Waals surface area contributed by atoms with Crippen molar-refractivity contribution in [2.75, 3.05) is 0 Å². The van der Waals surface area contributed by atoms with Gasteiger partial charge in [0.05, 0.1) is 6.26 Å². The molecule has 0 aliphatic carbocycles. The molecule has 0 spiro atoms. The zero-order chi connectivity index (χ0) is 13.2. The number of halogens is 3. The standard InChI is InChI=1S/C12H7F3O3/c13-12(14,15)18-9-5-3-8(4-6-9)11(16)10-2-1-7-17-10/h1-7H. The van der Waals surface area contributed by atoms with E-state index in [9.17, 15) is 18.0 Å². The van der Waals surface area contributed by atoms with Crippen molar-refractivity contribution in [1.82, 2.24) is 0 Å². The first kappa shape index (κ1) is 12.2. The molecule has 1 heterocycles. The number of hydrogen-bond acceptors (Lipinski definition) is 3. The van der Waals surface area contributed by atoms with Crippen LogP contribution in [0.2, 0.25) is 0 Å². The van der Waals surface area contributed by atoms with Crippen molar-refractivity contribution in [1.29, 1.82) is 0 Å². The third-order valence-electron chi connectivity index (χ3n) is 2.10. The van der Waals surface area contributed by atoms with Gasteiger partial charge in [0.25, 0.3) is 0 Å². The van der Waals surface area contributed by atoms with Crippen LogP contribution < -0.4 is 4.74 Å². The Kier molecular flexibility index (Phi) is 3.10. The molecule has 0 radical (unpaired) electrons. The van der Waals surface area contributed by atoms with Crippen molar-refractivity contribution in [2.24, 2.45) is 0 Å². The second kappa shape index (κ2) is 4.56. The van der Waals surface area contributed by atoms with E-state index in [-0.39, 0.29) is 17.1 Å². The van der Waals surface area contributed by atoms with Crippen molar-refractivity contribution in [3.05, 3.63) is 54.0 Å². The van der Waals surface area contributed by atoms with Crippen LogP contribution in [0.15, 0.2) is 47.1 Å². The van der Waals surface area contributed by atoms with Crippen LogP contribution in [0.25, 0.3) is 0 Å². The Balaban J connectivity index is 2.15. The number of benzene rings is 1. The first-order valence-electron chi connectivity index (χ1n) is 4.90. The first-order chi connectivity index (χ1) is 8.46. The van der Waals surface area contributed by atoms with Crippen molar-refractivity contribution in [3.8, 4) is 5.75 Å². The van der Waals surface area contributed by atoms with Crippen LogP contribution in [0, 0.1) is 0 Å². The molecule has 0 unspecified atom stereocenters. The fourth-order valence-electron chi connectivity index (χ4n) is 1.36. The van der Waals surface area contributed by atoms with Crippen LogP contribution in [0.3, 0.4) is 0 Å². The van der Waals surface area contributed by atoms with Gasteiger partial charge in [-0.05, 0) is 36.4 Å². The predicted octanol–water partition coefficient (Wildman–Crippen LogP) is 3.41. The third-order valence-corrected chi connectivity index (χ3v) is 2.10. The SMILES string of the molecule is O=C(c1ccc(OC(F)(F)F)cc1)c1ccco1. The minimum absolute atomic E-state index is 0.125. The lowest BCUT2D eigenvalue weighted by molar-refractivity contribution is -0.274. The zero-order valence-corrected chi connectivity index (χ0v) is 8.90. The second-order valence-corrected chi connectivity index (χ2v) is 3.38. The van der Waals surface area contributed by atoms with E-state index < -0.39 is 12.1 Å². The Hall–Kier alpha value is -2.24. The molecule has 3 nitrogen and oxygen atoms in total. The van der Waals surface area contributed by atoms with Gasteiger partial charge in [0, 0.05) is 5.56 Å². The summed E-state index contributed by atoms with van der Waals surface area (Å²) in [7, 11) is 0. The quantitative estimate of drug-likeness (QED) is 0.790. The molecular weight excluding hydrogens is 249 g/mol. The molecule has 0 bridgehead atoms. The summed E-state index contributed by atoms with van der Waals surface area (Å²) in [6, 6.07) is 7.65. The van der Waals surface area contributed by atoms with Crippen molar-refractivity contribution >= 4 is 5.78 Å². The van der Waals surface area contributed by atoms with Crippen LogP contribution in [0.1, 0.15) is 16.1 Å². The summed E-state index contributed by atoms with van der Waals surface area (Å²) in [5.41, 5.74) is 0.222. The highest BCUT2D eigenvalue weighted by Gasteiger charge is 2.31. The smallest absolute Gasteiger partial charge is 0.461 e. The topological polar surface area (TPSA) is 39.4 Å². The molecule has 1 aromatic heterocycles. The summed E-state index contributed by atoms with van der Waals surface area (Å²) in [6.07, 6.45) is -3.40. The molecule has 94 valence electrons. The van der Waals surface area contributed by atoms with E-state index in [1.807, 2.05) is 0 Å². The van der Waals surface area contributed by atoms with Gasteiger partial charge < -0.3 is 9.15 Å². The van der Waals surface area contributed by atoms with Gasteiger partial charge in [-0.3, -0.25) is 4.79 Å². The van der Waals surface area contributed by atoms with Gasteiger partial charge in [0.2, 0.25) is 5.78 Å². The van der Waals surface area contributed by atoms with Gasteiger partial charge in [-0.15, -0.1) is 13.2 Å². The molecular formula is C12H7F3O3. The number of carbonyl (C=O) groups is 1. The maximum absolute atomic E-state index is 11.9. The summed E-state index contributed by atoms with van der Waals surface area (Å²) in [5.74, 6) is -0.656. The Labute approximate surface area is 99.8 Å². The molecule has 0 saturated heterocycles. The minimum atomic E-state index is -4.74. The number of carbonyl (C=O) groups excluding carboxylic acids is 1. The van der Waals surface area contributed by atoms with Gasteiger partial charge in [0.1, 0.15) is 5.75 Å². The van der Waals surface area contributed by atoms with E-state index in [4.69, 9.17) is 4.42 Å². The Morgan fingerprint density at radius 2 is 1.78 bits per heavy atom. The molecule has 2 rings (SSSR count). The van der Waals surface area contributed by atoms with Gasteiger partial charge in [-0.25, -0.2) is 0 Å². The van der Waals surface area contributed by atoms with Crippen LogP contribution >= 0.6 is 0 Å². The third kappa shape index (κ3) is 2.91. The first-order valence-corrected chi connectivity index (χ1v) is 4.90. The van der Waals surface area contributed by atoms with Crippen LogP contribution in [0.5, 0.6) is 5.75 Å². The van der Waals surface area contributed by atoms with E-state index in [0.29, 0.717) is 0 Å². The summed E-state index contributed by atoms with van der Waals surface area (Å²) in [4.78, 5) is 11.7. The highest BCUT2D eigenvalue weighted by molar-refractivity contribution is 6.07. The lowest BCUT2D eigenvalue weighted by atomic mass is 10.1. The summed E-state index contributed by atoms with van der Waals surface area (Å²) in [5, 5.41) is 0. The Morgan fingerprint density at radius 1 is 1.11 bits per heavy atom. The van der Waals surface area contributed by atoms with Gasteiger partial charge >= 0.3 is 6.36 Å². The monoisotopic (exact) mass is 256 g/mol. The fraction of sp³-hybridized carbons (Fsp3) is 0.0833. The van der Waals surface area contributed by atoms with E-state index >= 15 is 0 Å². The molecule has 18 heavy (non-hydrogen) atoms. The summed E-state index contributed by atoms with van der Waals surface area (Å²) < 4.78 is 44.4. The van der Waals surface area contributed by atoms with Crippen LogP contribution in [-0.4, -0.2) is 12.1 Å². The van der Waals surface area contributed by atoms with Gasteiger partial charge in [-0.1, -0.05) is 0 Å². The number of rotatable bonds is 3. The minimum Gasteiger partial charge on any atom is -0.461 e. The molecule has 0 saturated carbocycles. The molecule has 0 amide bonds. The van der Waals surface area contributed by atoms with E-state index in [1.54, 1.807) is 6.07 Å². The van der Waals surface area contributed by atoms with Crippen LogP contribution in [-0.2, 0) is 0 Å². The van der Waals surface area contributed by atoms with E-state index in [1.165, 1.54) is 24.5 Å². The highest BCUT2D eigenvalue weighted by atomic mass is 19.4. The summed E-state index contributed by atoms with van der Waals surface area (Å²) in [6.45, 7) is 0. The van der Waals surface area contributed by atoms with Gasteiger partial charge in [0.15, 0.2) is 5.76 Å². The molecule has 0 aliphatic heterocycles. The molecule has 6 heteroatoms. The average molecular weight is 256 g/mol. The average Bonchev–Trinajstić information content (AvgIpc) is 2.80. The number of furan rings is 1. The highest BCUT2D eigenvalue weighted by Crippen LogP contribution is 2.23. The number of ketones is 1. The molecule has 0 N–H and O–H groups in total. The van der Waals surface area contributed by atoms with Gasteiger partial charge in [-0.2, -0.15) is 0 Å². The number of hydrogen-bond donors (Lipinski definition) is 0. The second-order valence-electron chi connectivity index (χ2n) is 3.38. The van der Waals surface area contributed by atoms with Crippen molar-refractivity contribution < 1.29 is 27.1 Å². The van der Waals surface area contributed by atoms with Crippen molar-refractivity contribution in [3.63, 3.8) is 0 Å². The molecule has 2 aromatic rings. The Morgan fingerprint density at radius 3 is 2.28 bits per heavy atom. The zero-order valence-electron chi connectivity index (χ0n) is 8.90. The molecule has 0 aliphatic rings. The molecule has 0 atom stereocenters. The van der Waals surface area contributed by atoms with E-state index in [2.05, 4.69) is 4.74 Å². The maximum Gasteiger partial charge on any atom is 0.573 e.